The van der Waals surface area contributed by atoms with E-state index in [1.165, 1.54) is 11.3 Å². The zero-order valence-corrected chi connectivity index (χ0v) is 12.9. The van der Waals surface area contributed by atoms with E-state index in [4.69, 9.17) is 11.6 Å². The Bertz CT molecular complexity index is 322. The molecule has 0 radical (unpaired) electrons. The normalized spacial score (nSPS) is 15.2. The van der Waals surface area contributed by atoms with Crippen LogP contribution < -0.4 is 5.32 Å². The lowest BCUT2D eigenvalue weighted by molar-refractivity contribution is 0.290. The fraction of sp³-hybridized carbons (Fsp3) is 0.714. The molecule has 1 nitrogen and oxygen atoms in total. The lowest BCUT2D eigenvalue weighted by atomic mass is 9.86. The maximum Gasteiger partial charge on any atom is 0.0931 e. The first-order valence-electron chi connectivity index (χ1n) is 6.52. The Kier molecular flexibility index (Phi) is 6.53. The minimum atomic E-state index is 0.566. The second kappa shape index (κ2) is 7.40. The van der Waals surface area contributed by atoms with Gasteiger partial charge in [0.15, 0.2) is 0 Å². The van der Waals surface area contributed by atoms with Crippen molar-refractivity contribution in [2.24, 2.45) is 11.8 Å². The summed E-state index contributed by atoms with van der Waals surface area (Å²) >= 11 is 7.70. The highest BCUT2D eigenvalue weighted by molar-refractivity contribution is 7.16. The Morgan fingerprint density at radius 2 is 2.00 bits per heavy atom. The first-order valence-corrected chi connectivity index (χ1v) is 7.71. The summed E-state index contributed by atoms with van der Waals surface area (Å²) in [5.41, 5.74) is 0. The van der Waals surface area contributed by atoms with Crippen molar-refractivity contribution < 1.29 is 0 Å². The van der Waals surface area contributed by atoms with Crippen LogP contribution in [0.5, 0.6) is 0 Å². The SMILES string of the molecule is CCCNC(C)C(Cc1ccc(Cl)s1)C(C)C. The van der Waals surface area contributed by atoms with Crippen LogP contribution in [0.2, 0.25) is 4.34 Å². The monoisotopic (exact) mass is 273 g/mol. The van der Waals surface area contributed by atoms with Gasteiger partial charge in [-0.2, -0.15) is 0 Å². The van der Waals surface area contributed by atoms with Gasteiger partial charge in [0, 0.05) is 10.9 Å². The number of hydrogen-bond donors (Lipinski definition) is 1. The molecule has 3 heteroatoms. The minimum absolute atomic E-state index is 0.566. The average molecular weight is 274 g/mol. The van der Waals surface area contributed by atoms with Crippen LogP contribution in [-0.2, 0) is 6.42 Å². The molecule has 1 N–H and O–H groups in total. The molecule has 0 aliphatic carbocycles. The molecule has 0 aromatic carbocycles. The van der Waals surface area contributed by atoms with Gasteiger partial charge in [-0.3, -0.25) is 0 Å². The second-order valence-electron chi connectivity index (χ2n) is 5.06. The van der Waals surface area contributed by atoms with Crippen molar-refractivity contribution in [3.63, 3.8) is 0 Å². The highest BCUT2D eigenvalue weighted by Gasteiger charge is 2.21. The maximum atomic E-state index is 5.99. The van der Waals surface area contributed by atoms with Gasteiger partial charge in [0.1, 0.15) is 0 Å². The van der Waals surface area contributed by atoms with E-state index in [0.29, 0.717) is 17.9 Å². The van der Waals surface area contributed by atoms with Crippen LogP contribution in [0.15, 0.2) is 12.1 Å². The van der Waals surface area contributed by atoms with Crippen LogP contribution >= 0.6 is 22.9 Å². The zero-order chi connectivity index (χ0) is 12.8. The molecule has 2 unspecified atom stereocenters. The molecule has 1 aromatic heterocycles. The van der Waals surface area contributed by atoms with Gasteiger partial charge in [0.2, 0.25) is 0 Å². The fourth-order valence-corrected chi connectivity index (χ4v) is 3.37. The van der Waals surface area contributed by atoms with Crippen LogP contribution in [0.3, 0.4) is 0 Å². The maximum absolute atomic E-state index is 5.99. The molecule has 0 amide bonds. The van der Waals surface area contributed by atoms with Crippen molar-refractivity contribution in [3.8, 4) is 0 Å². The van der Waals surface area contributed by atoms with Gasteiger partial charge in [0.05, 0.1) is 4.34 Å². The molecular formula is C14H24ClNS. The Labute approximate surface area is 115 Å². The van der Waals surface area contributed by atoms with Crippen LogP contribution in [-0.4, -0.2) is 12.6 Å². The number of nitrogens with one attached hydrogen (secondary N) is 1. The third-order valence-corrected chi connectivity index (χ3v) is 4.53. The molecule has 1 rings (SSSR count). The van der Waals surface area contributed by atoms with Crippen molar-refractivity contribution in [1.82, 2.24) is 5.32 Å². The van der Waals surface area contributed by atoms with E-state index in [9.17, 15) is 0 Å². The predicted molar refractivity (Wildman–Crippen MR) is 79.1 cm³/mol. The lowest BCUT2D eigenvalue weighted by Crippen LogP contribution is -2.37. The van der Waals surface area contributed by atoms with Crippen LogP contribution in [0.4, 0.5) is 0 Å². The summed E-state index contributed by atoms with van der Waals surface area (Å²) in [4.78, 5) is 1.40. The van der Waals surface area contributed by atoms with Crippen molar-refractivity contribution in [2.45, 2.75) is 46.6 Å². The molecule has 0 saturated carbocycles. The van der Waals surface area contributed by atoms with E-state index in [0.717, 1.165) is 17.3 Å². The number of thiophene rings is 1. The van der Waals surface area contributed by atoms with Gasteiger partial charge < -0.3 is 5.32 Å². The molecule has 0 aliphatic heterocycles. The van der Waals surface area contributed by atoms with Crippen LogP contribution in [0.25, 0.3) is 0 Å². The molecule has 0 spiro atoms. The van der Waals surface area contributed by atoms with Crippen molar-refractivity contribution in [3.05, 3.63) is 21.3 Å². The Balaban J connectivity index is 2.59. The number of hydrogen-bond acceptors (Lipinski definition) is 2. The first kappa shape index (κ1) is 15.0. The van der Waals surface area contributed by atoms with Gasteiger partial charge in [-0.25, -0.2) is 0 Å². The third kappa shape index (κ3) is 4.99. The molecule has 0 fully saturated rings. The second-order valence-corrected chi connectivity index (χ2v) is 6.86. The van der Waals surface area contributed by atoms with Gasteiger partial charge >= 0.3 is 0 Å². The Hall–Kier alpha value is -0.0500. The van der Waals surface area contributed by atoms with E-state index in [1.54, 1.807) is 11.3 Å². The predicted octanol–water partition coefficient (Wildman–Crippen LogP) is 4.60. The van der Waals surface area contributed by atoms with Gasteiger partial charge in [-0.15, -0.1) is 11.3 Å². The summed E-state index contributed by atoms with van der Waals surface area (Å²) in [7, 11) is 0. The standard InChI is InChI=1S/C14H24ClNS/c1-5-8-16-11(4)13(10(2)3)9-12-6-7-14(15)17-12/h6-7,10-11,13,16H,5,8-9H2,1-4H3. The number of rotatable bonds is 7. The summed E-state index contributed by atoms with van der Waals surface area (Å²) in [6.07, 6.45) is 2.33. The molecule has 0 aliphatic rings. The summed E-state index contributed by atoms with van der Waals surface area (Å²) in [6.45, 7) is 10.2. The molecule has 0 bridgehead atoms. The van der Waals surface area contributed by atoms with Gasteiger partial charge in [0.25, 0.3) is 0 Å². The zero-order valence-electron chi connectivity index (χ0n) is 11.3. The average Bonchev–Trinajstić information content (AvgIpc) is 2.68. The highest BCUT2D eigenvalue weighted by Crippen LogP contribution is 2.27. The van der Waals surface area contributed by atoms with E-state index < -0.39 is 0 Å². The van der Waals surface area contributed by atoms with E-state index in [-0.39, 0.29) is 0 Å². The van der Waals surface area contributed by atoms with Gasteiger partial charge in [-0.1, -0.05) is 32.4 Å². The molecule has 2 atom stereocenters. The number of halogens is 1. The Morgan fingerprint density at radius 1 is 1.29 bits per heavy atom. The minimum Gasteiger partial charge on any atom is -0.314 e. The topological polar surface area (TPSA) is 12.0 Å². The van der Waals surface area contributed by atoms with Gasteiger partial charge in [-0.05, 0) is 50.3 Å². The summed E-state index contributed by atoms with van der Waals surface area (Å²) < 4.78 is 0.900. The molecule has 1 heterocycles. The molecule has 98 valence electrons. The Morgan fingerprint density at radius 3 is 2.47 bits per heavy atom. The van der Waals surface area contributed by atoms with E-state index >= 15 is 0 Å². The van der Waals surface area contributed by atoms with Crippen LogP contribution in [0.1, 0.15) is 39.0 Å². The molecule has 17 heavy (non-hydrogen) atoms. The van der Waals surface area contributed by atoms with Crippen molar-refractivity contribution in [2.75, 3.05) is 6.54 Å². The smallest absolute Gasteiger partial charge is 0.0931 e. The summed E-state index contributed by atoms with van der Waals surface area (Å²) in [5.74, 6) is 1.37. The largest absolute Gasteiger partial charge is 0.314 e. The fourth-order valence-electron chi connectivity index (χ4n) is 2.21. The quantitative estimate of drug-likeness (QED) is 0.765. The highest BCUT2D eigenvalue weighted by atomic mass is 35.5. The summed E-state index contributed by atoms with van der Waals surface area (Å²) in [5, 5.41) is 3.61. The van der Waals surface area contributed by atoms with E-state index in [2.05, 4.69) is 39.1 Å². The molecule has 0 saturated heterocycles. The van der Waals surface area contributed by atoms with Crippen LogP contribution in [0, 0.1) is 11.8 Å². The first-order chi connectivity index (χ1) is 8.04. The molecular weight excluding hydrogens is 250 g/mol. The van der Waals surface area contributed by atoms with Crippen molar-refractivity contribution in [1.29, 1.82) is 0 Å². The molecule has 1 aromatic rings. The summed E-state index contributed by atoms with van der Waals surface area (Å²) in [6, 6.07) is 4.73. The van der Waals surface area contributed by atoms with E-state index in [1.807, 2.05) is 6.07 Å². The lowest BCUT2D eigenvalue weighted by Gasteiger charge is -2.28. The third-order valence-electron chi connectivity index (χ3n) is 3.28. The van der Waals surface area contributed by atoms with Crippen molar-refractivity contribution >= 4 is 22.9 Å².